The number of nitrogens with one attached hydrogen (secondary N) is 1. The summed E-state index contributed by atoms with van der Waals surface area (Å²) in [6.45, 7) is 9.22. The van der Waals surface area contributed by atoms with Crippen LogP contribution in [0.4, 0.5) is 0 Å². The van der Waals surface area contributed by atoms with Gasteiger partial charge in [0.05, 0.1) is 12.2 Å². The Morgan fingerprint density at radius 2 is 1.88 bits per heavy atom. The molecule has 3 aliphatic heterocycles. The Labute approximate surface area is 209 Å². The fourth-order valence-electron chi connectivity index (χ4n) is 5.88. The molecule has 4 rings (SSSR count). The third-order valence-electron chi connectivity index (χ3n) is 8.00. The van der Waals surface area contributed by atoms with Crippen molar-refractivity contribution in [2.45, 2.75) is 71.3 Å². The Bertz CT molecular complexity index is 869. The maximum Gasteiger partial charge on any atom is 0.255 e. The van der Waals surface area contributed by atoms with Crippen LogP contribution >= 0.6 is 11.6 Å². The average molecular weight is 490 g/mol. The Kier molecular flexibility index (Phi) is 8.41. The summed E-state index contributed by atoms with van der Waals surface area (Å²) < 4.78 is 5.88. The SMILES string of the molecule is CC(C)N1CCC(C(=O)N2CCCC3(CCCCCOc4ccc(Cl)cc4C(=O)NC3)C2)CC1. The van der Waals surface area contributed by atoms with E-state index in [1.165, 1.54) is 0 Å². The average Bonchev–Trinajstić information content (AvgIpc) is 2.84. The minimum atomic E-state index is -0.151. The number of benzene rings is 1. The summed E-state index contributed by atoms with van der Waals surface area (Å²) in [4.78, 5) is 31.2. The number of carbonyl (C=O) groups excluding carboxylic acids is 2. The zero-order chi connectivity index (χ0) is 24.1. The van der Waals surface area contributed by atoms with E-state index < -0.39 is 0 Å². The number of fused-ring (bicyclic) bond motifs is 1. The zero-order valence-corrected chi connectivity index (χ0v) is 21.5. The molecule has 0 aromatic heterocycles. The summed E-state index contributed by atoms with van der Waals surface area (Å²) >= 11 is 6.18. The Morgan fingerprint density at radius 3 is 2.65 bits per heavy atom. The summed E-state index contributed by atoms with van der Waals surface area (Å²) in [5, 5.41) is 3.70. The van der Waals surface area contributed by atoms with Gasteiger partial charge in [-0.3, -0.25) is 9.59 Å². The van der Waals surface area contributed by atoms with Gasteiger partial charge in [0.2, 0.25) is 5.91 Å². The molecule has 2 amide bonds. The standard InChI is InChI=1S/C27H40ClN3O3/c1-20(2)30-14-9-21(10-15-30)26(33)31-13-6-12-27(19-31)11-4-3-5-16-34-24-8-7-22(28)17-23(24)25(32)29-18-27/h7-8,17,20-21H,3-6,9-16,18-19H2,1-2H3,(H,29,32). The van der Waals surface area contributed by atoms with E-state index in [1.807, 2.05) is 0 Å². The van der Waals surface area contributed by atoms with Crippen LogP contribution in [0.2, 0.25) is 5.02 Å². The lowest BCUT2D eigenvalue weighted by molar-refractivity contribution is -0.141. The summed E-state index contributed by atoms with van der Waals surface area (Å²) in [5.41, 5.74) is 0.421. The fourth-order valence-corrected chi connectivity index (χ4v) is 6.06. The number of ether oxygens (including phenoxy) is 1. The summed E-state index contributed by atoms with van der Waals surface area (Å²) in [5.74, 6) is 0.897. The van der Waals surface area contributed by atoms with Crippen LogP contribution in [0.5, 0.6) is 5.75 Å². The molecule has 1 atom stereocenters. The maximum absolute atomic E-state index is 13.5. The second-order valence-electron chi connectivity index (χ2n) is 10.7. The van der Waals surface area contributed by atoms with Crippen molar-refractivity contribution in [2.75, 3.05) is 39.3 Å². The van der Waals surface area contributed by atoms with Gasteiger partial charge in [-0.15, -0.1) is 0 Å². The highest BCUT2D eigenvalue weighted by Crippen LogP contribution is 2.37. The van der Waals surface area contributed by atoms with Crippen molar-refractivity contribution in [3.05, 3.63) is 28.8 Å². The molecule has 2 saturated heterocycles. The van der Waals surface area contributed by atoms with Crippen LogP contribution in [0.15, 0.2) is 18.2 Å². The molecule has 1 aromatic carbocycles. The van der Waals surface area contributed by atoms with Crippen LogP contribution < -0.4 is 10.1 Å². The number of piperidine rings is 2. The number of hydrogen-bond acceptors (Lipinski definition) is 4. The molecule has 0 aliphatic carbocycles. The fraction of sp³-hybridized carbons (Fsp3) is 0.704. The third-order valence-corrected chi connectivity index (χ3v) is 8.24. The molecule has 1 spiro atoms. The lowest BCUT2D eigenvalue weighted by Gasteiger charge is -2.45. The molecular formula is C27H40ClN3O3. The smallest absolute Gasteiger partial charge is 0.255 e. The van der Waals surface area contributed by atoms with Gasteiger partial charge < -0.3 is 19.9 Å². The van der Waals surface area contributed by atoms with Crippen LogP contribution in [0.3, 0.4) is 0 Å². The molecule has 34 heavy (non-hydrogen) atoms. The molecule has 0 radical (unpaired) electrons. The van der Waals surface area contributed by atoms with Gasteiger partial charge in [-0.05, 0) is 83.7 Å². The first-order chi connectivity index (χ1) is 16.4. The first-order valence-corrected chi connectivity index (χ1v) is 13.5. The molecule has 3 aliphatic rings. The lowest BCUT2D eigenvalue weighted by Crippen LogP contribution is -2.53. The van der Waals surface area contributed by atoms with Crippen molar-refractivity contribution < 1.29 is 14.3 Å². The molecule has 1 N–H and O–H groups in total. The van der Waals surface area contributed by atoms with Crippen LogP contribution in [-0.2, 0) is 4.79 Å². The number of halogens is 1. The number of nitrogens with zero attached hydrogens (tertiary/aromatic N) is 2. The van der Waals surface area contributed by atoms with E-state index in [9.17, 15) is 9.59 Å². The first kappa shape index (κ1) is 25.3. The number of likely N-dealkylation sites (tertiary alicyclic amines) is 2. The molecule has 0 bridgehead atoms. The molecule has 3 heterocycles. The van der Waals surface area contributed by atoms with Crippen molar-refractivity contribution in [1.29, 1.82) is 0 Å². The molecule has 188 valence electrons. The van der Waals surface area contributed by atoms with E-state index in [0.29, 0.717) is 41.4 Å². The summed E-state index contributed by atoms with van der Waals surface area (Å²) in [6.07, 6.45) is 8.09. The van der Waals surface area contributed by atoms with Gasteiger partial charge in [0.15, 0.2) is 0 Å². The minimum absolute atomic E-state index is 0.0685. The van der Waals surface area contributed by atoms with E-state index in [0.717, 1.165) is 77.5 Å². The highest BCUT2D eigenvalue weighted by atomic mass is 35.5. The monoisotopic (exact) mass is 489 g/mol. The van der Waals surface area contributed by atoms with Crippen LogP contribution in [0, 0.1) is 11.3 Å². The van der Waals surface area contributed by atoms with E-state index in [1.54, 1.807) is 18.2 Å². The van der Waals surface area contributed by atoms with Crippen molar-refractivity contribution in [3.8, 4) is 5.75 Å². The second-order valence-corrected chi connectivity index (χ2v) is 11.2. The Balaban J connectivity index is 1.45. The van der Waals surface area contributed by atoms with Gasteiger partial charge >= 0.3 is 0 Å². The molecule has 0 saturated carbocycles. The Hall–Kier alpha value is -1.79. The molecular weight excluding hydrogens is 450 g/mol. The molecule has 2 fully saturated rings. The molecule has 1 unspecified atom stereocenters. The number of carbonyl (C=O) groups is 2. The van der Waals surface area contributed by atoms with Crippen molar-refractivity contribution in [1.82, 2.24) is 15.1 Å². The Morgan fingerprint density at radius 1 is 1.12 bits per heavy atom. The van der Waals surface area contributed by atoms with Gasteiger partial charge in [-0.1, -0.05) is 24.4 Å². The predicted octanol–water partition coefficient (Wildman–Crippen LogP) is 4.75. The molecule has 6 nitrogen and oxygen atoms in total. The van der Waals surface area contributed by atoms with Crippen LogP contribution in [0.25, 0.3) is 0 Å². The maximum atomic E-state index is 13.5. The topological polar surface area (TPSA) is 61.9 Å². The van der Waals surface area contributed by atoms with E-state index >= 15 is 0 Å². The van der Waals surface area contributed by atoms with Gasteiger partial charge in [-0.25, -0.2) is 0 Å². The quantitative estimate of drug-likeness (QED) is 0.651. The first-order valence-electron chi connectivity index (χ1n) is 13.1. The van der Waals surface area contributed by atoms with Crippen molar-refractivity contribution in [2.24, 2.45) is 11.3 Å². The van der Waals surface area contributed by atoms with Crippen molar-refractivity contribution >= 4 is 23.4 Å². The van der Waals surface area contributed by atoms with Gasteiger partial charge in [0.1, 0.15) is 5.75 Å². The number of hydrogen-bond donors (Lipinski definition) is 1. The largest absolute Gasteiger partial charge is 0.493 e. The normalized spacial score (nSPS) is 25.8. The third kappa shape index (κ3) is 6.06. The number of amides is 2. The zero-order valence-electron chi connectivity index (χ0n) is 20.8. The van der Waals surface area contributed by atoms with Gasteiger partial charge in [0.25, 0.3) is 5.91 Å². The lowest BCUT2D eigenvalue weighted by atomic mass is 9.75. The number of rotatable bonds is 2. The van der Waals surface area contributed by atoms with Gasteiger partial charge in [-0.2, -0.15) is 0 Å². The summed E-state index contributed by atoms with van der Waals surface area (Å²) in [6, 6.07) is 5.77. The molecule has 1 aromatic rings. The minimum Gasteiger partial charge on any atom is -0.493 e. The van der Waals surface area contributed by atoms with E-state index in [2.05, 4.69) is 29.0 Å². The van der Waals surface area contributed by atoms with E-state index in [4.69, 9.17) is 16.3 Å². The van der Waals surface area contributed by atoms with Crippen LogP contribution in [0.1, 0.15) is 75.6 Å². The highest BCUT2D eigenvalue weighted by molar-refractivity contribution is 6.31. The van der Waals surface area contributed by atoms with E-state index in [-0.39, 0.29) is 17.2 Å². The van der Waals surface area contributed by atoms with Gasteiger partial charge in [0, 0.05) is 42.0 Å². The highest BCUT2D eigenvalue weighted by Gasteiger charge is 2.39. The summed E-state index contributed by atoms with van der Waals surface area (Å²) in [7, 11) is 0. The molecule has 7 heteroatoms. The predicted molar refractivity (Wildman–Crippen MR) is 135 cm³/mol. The van der Waals surface area contributed by atoms with Crippen LogP contribution in [-0.4, -0.2) is 67.0 Å². The second kappa shape index (κ2) is 11.3. The van der Waals surface area contributed by atoms with Crippen molar-refractivity contribution in [3.63, 3.8) is 0 Å².